The molecule has 0 fully saturated rings. The molecule has 1 aromatic carbocycles. The molecule has 0 aliphatic carbocycles. The van der Waals surface area contributed by atoms with Gasteiger partial charge in [-0.25, -0.2) is 0 Å². The third-order valence-electron chi connectivity index (χ3n) is 2.41. The predicted molar refractivity (Wildman–Crippen MR) is 72.4 cm³/mol. The molecule has 110 valence electrons. The second kappa shape index (κ2) is 6.55. The minimum atomic E-state index is -4.28. The number of aromatic nitrogens is 2. The molecule has 0 atom stereocenters. The molecule has 1 N–H and O–H groups in total. The Hall–Kier alpha value is -1.12. The molecule has 0 spiro atoms. The third-order valence-corrected chi connectivity index (χ3v) is 3.27. The summed E-state index contributed by atoms with van der Waals surface area (Å²) in [6, 6.07) is 3.46. The summed E-state index contributed by atoms with van der Waals surface area (Å²) in [4.78, 5) is 0. The molecule has 0 radical (unpaired) electrons. The Kier molecular flexibility index (Phi) is 5.00. The van der Waals surface area contributed by atoms with Crippen LogP contribution in [0.5, 0.6) is 0 Å². The monoisotopic (exact) mass is 325 g/mol. The van der Waals surface area contributed by atoms with E-state index in [0.29, 0.717) is 29.2 Å². The molecule has 2 aromatic rings. The van der Waals surface area contributed by atoms with Gasteiger partial charge in [0.1, 0.15) is 17.6 Å². The average Bonchev–Trinajstić information content (AvgIpc) is 2.82. The van der Waals surface area contributed by atoms with E-state index < -0.39 is 12.8 Å². The second-order valence-electron chi connectivity index (χ2n) is 4.00. The first kappa shape index (κ1) is 15.3. The zero-order valence-electron chi connectivity index (χ0n) is 10.2. The number of alkyl halides is 3. The number of halogens is 4. The fourth-order valence-electron chi connectivity index (χ4n) is 1.57. The molecular formula is C11H11ClF3N3OS. The van der Waals surface area contributed by atoms with Crippen LogP contribution in [0.15, 0.2) is 12.1 Å². The zero-order valence-corrected chi connectivity index (χ0v) is 11.8. The molecule has 2 rings (SSSR count). The van der Waals surface area contributed by atoms with Crippen molar-refractivity contribution in [2.24, 2.45) is 0 Å². The van der Waals surface area contributed by atoms with E-state index in [2.05, 4.69) is 18.8 Å². The largest absolute Gasteiger partial charge is 0.411 e. The highest BCUT2D eigenvalue weighted by Crippen LogP contribution is 2.29. The van der Waals surface area contributed by atoms with Gasteiger partial charge in [0, 0.05) is 13.2 Å². The summed E-state index contributed by atoms with van der Waals surface area (Å²) < 4.78 is 48.3. The highest BCUT2D eigenvalue weighted by molar-refractivity contribution is 7.00. The van der Waals surface area contributed by atoms with Gasteiger partial charge in [0.05, 0.1) is 22.4 Å². The van der Waals surface area contributed by atoms with E-state index in [9.17, 15) is 13.2 Å². The van der Waals surface area contributed by atoms with Gasteiger partial charge in [0.25, 0.3) is 0 Å². The molecule has 1 heterocycles. The van der Waals surface area contributed by atoms with Gasteiger partial charge in [-0.1, -0.05) is 11.6 Å². The number of hydrogen-bond donors (Lipinski definition) is 1. The summed E-state index contributed by atoms with van der Waals surface area (Å²) in [6.45, 7) is -0.761. The molecule has 1 aromatic heterocycles. The first-order chi connectivity index (χ1) is 9.47. The third kappa shape index (κ3) is 4.19. The fourth-order valence-corrected chi connectivity index (χ4v) is 2.33. The summed E-state index contributed by atoms with van der Waals surface area (Å²) in [5.74, 6) is 0. The lowest BCUT2D eigenvalue weighted by Gasteiger charge is -2.10. The maximum Gasteiger partial charge on any atom is 0.411 e. The molecule has 0 saturated carbocycles. The number of rotatable bonds is 6. The summed E-state index contributed by atoms with van der Waals surface area (Å²) in [5.41, 5.74) is 2.04. The van der Waals surface area contributed by atoms with Crippen LogP contribution >= 0.6 is 23.3 Å². The van der Waals surface area contributed by atoms with E-state index in [1.54, 1.807) is 12.1 Å². The normalized spacial score (nSPS) is 12.0. The van der Waals surface area contributed by atoms with Crippen molar-refractivity contribution >= 4 is 40.0 Å². The SMILES string of the molecule is FC(F)(F)COCCCNc1c(Cl)ccc2nsnc12. The smallest absolute Gasteiger partial charge is 0.382 e. The van der Waals surface area contributed by atoms with Crippen LogP contribution in [0.4, 0.5) is 18.9 Å². The first-order valence-electron chi connectivity index (χ1n) is 5.76. The lowest BCUT2D eigenvalue weighted by atomic mass is 10.2. The van der Waals surface area contributed by atoms with Crippen LogP contribution in [-0.4, -0.2) is 34.7 Å². The molecule has 0 saturated heterocycles. The predicted octanol–water partition coefficient (Wildman–Crippen LogP) is 3.73. The van der Waals surface area contributed by atoms with Crippen LogP contribution in [-0.2, 0) is 4.74 Å². The van der Waals surface area contributed by atoms with E-state index >= 15 is 0 Å². The van der Waals surface area contributed by atoms with Crippen molar-refractivity contribution in [3.63, 3.8) is 0 Å². The number of anilines is 1. The average molecular weight is 326 g/mol. The van der Waals surface area contributed by atoms with Gasteiger partial charge in [-0.15, -0.1) is 0 Å². The Morgan fingerprint density at radius 2 is 2.10 bits per heavy atom. The Bertz CT molecular complexity index is 576. The molecule has 0 unspecified atom stereocenters. The molecule has 0 amide bonds. The molecule has 0 bridgehead atoms. The minimum Gasteiger partial charge on any atom is -0.382 e. The van der Waals surface area contributed by atoms with Crippen molar-refractivity contribution in [3.05, 3.63) is 17.2 Å². The molecule has 0 aliphatic rings. The van der Waals surface area contributed by atoms with Crippen molar-refractivity contribution in [2.75, 3.05) is 25.1 Å². The highest BCUT2D eigenvalue weighted by atomic mass is 35.5. The van der Waals surface area contributed by atoms with Crippen LogP contribution in [0.2, 0.25) is 5.02 Å². The second-order valence-corrected chi connectivity index (χ2v) is 4.94. The molecule has 20 heavy (non-hydrogen) atoms. The number of hydrogen-bond acceptors (Lipinski definition) is 5. The molecule has 0 aliphatic heterocycles. The van der Waals surface area contributed by atoms with Crippen molar-refractivity contribution in [3.8, 4) is 0 Å². The standard InChI is InChI=1S/C11H11ClF3N3OS/c12-7-2-3-8-10(18-20-17-8)9(7)16-4-1-5-19-6-11(13,14)15/h2-3,16H,1,4-6H2. The van der Waals surface area contributed by atoms with Gasteiger partial charge in [0.15, 0.2) is 0 Å². The van der Waals surface area contributed by atoms with Crippen LogP contribution in [0.25, 0.3) is 11.0 Å². The van der Waals surface area contributed by atoms with Gasteiger partial charge < -0.3 is 10.1 Å². The van der Waals surface area contributed by atoms with Crippen LogP contribution in [0.3, 0.4) is 0 Å². The summed E-state index contributed by atoms with van der Waals surface area (Å²) in [6.07, 6.45) is -3.85. The summed E-state index contributed by atoms with van der Waals surface area (Å²) >= 11 is 7.13. The Labute approximate surface area is 122 Å². The van der Waals surface area contributed by atoms with Gasteiger partial charge in [-0.2, -0.15) is 21.9 Å². The zero-order chi connectivity index (χ0) is 14.6. The van der Waals surface area contributed by atoms with Crippen molar-refractivity contribution in [1.29, 1.82) is 0 Å². The van der Waals surface area contributed by atoms with E-state index in [1.165, 1.54) is 0 Å². The molecule has 4 nitrogen and oxygen atoms in total. The Morgan fingerprint density at radius 1 is 1.30 bits per heavy atom. The Balaban J connectivity index is 1.81. The van der Waals surface area contributed by atoms with Gasteiger partial charge >= 0.3 is 6.18 Å². The van der Waals surface area contributed by atoms with Crippen LogP contribution in [0, 0.1) is 0 Å². The van der Waals surface area contributed by atoms with Gasteiger partial charge in [0.2, 0.25) is 0 Å². The lowest BCUT2D eigenvalue weighted by Crippen LogP contribution is -2.18. The number of fused-ring (bicyclic) bond motifs is 1. The van der Waals surface area contributed by atoms with Crippen molar-refractivity contribution in [1.82, 2.24) is 8.75 Å². The van der Waals surface area contributed by atoms with Crippen LogP contribution < -0.4 is 5.32 Å². The molecule has 9 heteroatoms. The fraction of sp³-hybridized carbons (Fsp3) is 0.455. The Morgan fingerprint density at radius 3 is 2.85 bits per heavy atom. The maximum atomic E-state index is 11.8. The topological polar surface area (TPSA) is 47.0 Å². The summed E-state index contributed by atoms with van der Waals surface area (Å²) in [7, 11) is 0. The van der Waals surface area contributed by atoms with E-state index in [-0.39, 0.29) is 6.61 Å². The van der Waals surface area contributed by atoms with Gasteiger partial charge in [-0.05, 0) is 18.6 Å². The van der Waals surface area contributed by atoms with E-state index in [4.69, 9.17) is 11.6 Å². The van der Waals surface area contributed by atoms with E-state index in [0.717, 1.165) is 17.2 Å². The minimum absolute atomic E-state index is 0.0232. The number of nitrogens with zero attached hydrogens (tertiary/aromatic N) is 2. The highest BCUT2D eigenvalue weighted by Gasteiger charge is 2.27. The van der Waals surface area contributed by atoms with E-state index in [1.807, 2.05) is 0 Å². The van der Waals surface area contributed by atoms with Crippen LogP contribution in [0.1, 0.15) is 6.42 Å². The van der Waals surface area contributed by atoms with Gasteiger partial charge in [-0.3, -0.25) is 0 Å². The maximum absolute atomic E-state index is 11.8. The first-order valence-corrected chi connectivity index (χ1v) is 6.87. The molecular weight excluding hydrogens is 315 g/mol. The summed E-state index contributed by atoms with van der Waals surface area (Å²) in [5, 5.41) is 3.55. The van der Waals surface area contributed by atoms with Crippen molar-refractivity contribution in [2.45, 2.75) is 12.6 Å². The number of nitrogens with one attached hydrogen (secondary N) is 1. The number of ether oxygens (including phenoxy) is 1. The van der Waals surface area contributed by atoms with Crippen molar-refractivity contribution < 1.29 is 17.9 Å². The lowest BCUT2D eigenvalue weighted by molar-refractivity contribution is -0.173. The number of benzene rings is 1. The quantitative estimate of drug-likeness (QED) is 0.822.